The Morgan fingerprint density at radius 1 is 1.92 bits per heavy atom. The van der Waals surface area contributed by atoms with Gasteiger partial charge >= 0.3 is 6.09 Å². The van der Waals surface area contributed by atoms with Crippen molar-refractivity contribution in [1.82, 2.24) is 0 Å². The number of ether oxygens (including phenoxy) is 1. The molecule has 4 heteroatoms. The van der Waals surface area contributed by atoms with Crippen LogP contribution in [0.5, 0.6) is 0 Å². The van der Waals surface area contributed by atoms with Gasteiger partial charge < -0.3 is 10.5 Å². The summed E-state index contributed by atoms with van der Waals surface area (Å²) >= 11 is 5.32. The lowest BCUT2D eigenvalue weighted by Crippen LogP contribution is -2.33. The van der Waals surface area contributed by atoms with E-state index in [1.54, 1.807) is 6.92 Å². The van der Waals surface area contributed by atoms with Gasteiger partial charge in [0, 0.05) is 5.54 Å². The van der Waals surface area contributed by atoms with E-state index in [0.29, 0.717) is 6.42 Å². The molecular weight excluding hydrogens is 178 g/mol. The molecule has 0 rings (SSSR count). The van der Waals surface area contributed by atoms with Gasteiger partial charge in [-0.2, -0.15) is 0 Å². The smallest absolute Gasteiger partial charge is 0.406 e. The predicted molar refractivity (Wildman–Crippen MR) is 47.5 cm³/mol. The monoisotopic (exact) mass is 187 g/mol. The third-order valence-corrected chi connectivity index (χ3v) is 1.51. The van der Waals surface area contributed by atoms with E-state index in [2.05, 4.69) is 5.92 Å². The van der Waals surface area contributed by atoms with Crippen molar-refractivity contribution in [3.63, 3.8) is 0 Å². The van der Waals surface area contributed by atoms with Crippen LogP contribution < -0.4 is 5.73 Å². The van der Waals surface area contributed by atoms with Gasteiger partial charge in [-0.15, -0.1) is 6.42 Å². The number of terminal acetylenes is 1. The van der Waals surface area contributed by atoms with Crippen molar-refractivity contribution < 1.29 is 9.53 Å². The van der Waals surface area contributed by atoms with Crippen LogP contribution in [-0.4, -0.2) is 11.7 Å². The zero-order valence-electron chi connectivity index (χ0n) is 6.71. The quantitative estimate of drug-likeness (QED) is 0.683. The third-order valence-electron chi connectivity index (χ3n) is 1.38. The highest BCUT2D eigenvalue weighted by molar-refractivity contribution is 6.25. The summed E-state index contributed by atoms with van der Waals surface area (Å²) in [7, 11) is 0. The first kappa shape index (κ1) is 10.9. The summed E-state index contributed by atoms with van der Waals surface area (Å²) < 4.78 is 4.71. The van der Waals surface area contributed by atoms with Crippen LogP contribution in [0.15, 0.2) is 11.6 Å². The second-order valence-electron chi connectivity index (χ2n) is 2.10. The topological polar surface area (TPSA) is 52.3 Å². The van der Waals surface area contributed by atoms with E-state index in [1.807, 2.05) is 0 Å². The average Bonchev–Trinajstić information content (AvgIpc) is 2.03. The Labute approximate surface area is 76.5 Å². The minimum absolute atomic E-state index is 0.426. The number of nitrogens with two attached hydrogens (primary N) is 1. The number of primary amides is 1. The van der Waals surface area contributed by atoms with Gasteiger partial charge in [-0.05, 0) is 12.5 Å². The van der Waals surface area contributed by atoms with Crippen LogP contribution in [0.2, 0.25) is 0 Å². The summed E-state index contributed by atoms with van der Waals surface area (Å²) in [5.41, 5.74) is 4.92. The number of carbonyl (C=O) groups excluding carboxylic acids is 1. The maximum atomic E-state index is 10.4. The summed E-state index contributed by atoms with van der Waals surface area (Å²) in [6.07, 6.45) is 6.08. The maximum absolute atomic E-state index is 10.4. The maximum Gasteiger partial charge on any atom is 0.406 e. The average molecular weight is 188 g/mol. The molecule has 3 nitrogen and oxygen atoms in total. The Bertz CT molecular complexity index is 232. The van der Waals surface area contributed by atoms with E-state index in [-0.39, 0.29) is 0 Å². The first-order chi connectivity index (χ1) is 5.60. The lowest BCUT2D eigenvalue weighted by molar-refractivity contribution is 0.0902. The first-order valence-electron chi connectivity index (χ1n) is 3.34. The molecule has 0 aliphatic carbocycles. The molecule has 0 aliphatic rings. The van der Waals surface area contributed by atoms with E-state index in [0.717, 1.165) is 0 Å². The summed E-state index contributed by atoms with van der Waals surface area (Å²) in [6, 6.07) is 0. The summed E-state index contributed by atoms with van der Waals surface area (Å²) in [5.74, 6) is 2.30. The number of halogens is 1. The van der Waals surface area contributed by atoms with Crippen LogP contribution in [0, 0.1) is 12.3 Å². The number of carbonyl (C=O) groups is 1. The van der Waals surface area contributed by atoms with Crippen LogP contribution in [0.1, 0.15) is 13.3 Å². The Morgan fingerprint density at radius 3 is 2.75 bits per heavy atom. The zero-order chi connectivity index (χ0) is 9.61. The number of hydrogen-bond acceptors (Lipinski definition) is 2. The van der Waals surface area contributed by atoms with Crippen molar-refractivity contribution in [3.8, 4) is 12.3 Å². The van der Waals surface area contributed by atoms with Gasteiger partial charge in [0.2, 0.25) is 0 Å². The highest BCUT2D eigenvalue weighted by atomic mass is 35.5. The highest BCUT2D eigenvalue weighted by Crippen LogP contribution is 2.17. The van der Waals surface area contributed by atoms with E-state index in [1.165, 1.54) is 11.6 Å². The molecule has 0 aliphatic heterocycles. The minimum atomic E-state index is -1.10. The fraction of sp³-hybridized carbons (Fsp3) is 0.375. The highest BCUT2D eigenvalue weighted by Gasteiger charge is 2.25. The molecule has 0 saturated carbocycles. The van der Waals surface area contributed by atoms with E-state index in [4.69, 9.17) is 28.5 Å². The number of amides is 1. The van der Waals surface area contributed by atoms with Gasteiger partial charge in [0.1, 0.15) is 0 Å². The van der Waals surface area contributed by atoms with E-state index < -0.39 is 11.7 Å². The van der Waals surface area contributed by atoms with Crippen molar-refractivity contribution in [2.45, 2.75) is 18.9 Å². The van der Waals surface area contributed by atoms with Gasteiger partial charge in [0.15, 0.2) is 5.60 Å². The SMILES string of the molecule is C#CC(C=CCl)(CC)OC(N)=O. The van der Waals surface area contributed by atoms with Crippen LogP contribution in [0.25, 0.3) is 0 Å². The molecule has 0 aromatic rings. The molecule has 0 saturated heterocycles. The largest absolute Gasteiger partial charge is 0.426 e. The van der Waals surface area contributed by atoms with Crippen LogP contribution >= 0.6 is 11.6 Å². The normalized spacial score (nSPS) is 15.1. The van der Waals surface area contributed by atoms with E-state index >= 15 is 0 Å². The molecule has 1 atom stereocenters. The molecule has 1 amide bonds. The second kappa shape index (κ2) is 4.68. The molecule has 0 heterocycles. The minimum Gasteiger partial charge on any atom is -0.426 e. The fourth-order valence-electron chi connectivity index (χ4n) is 0.685. The molecule has 2 N–H and O–H groups in total. The molecular formula is C8H10ClNO2. The van der Waals surface area contributed by atoms with Crippen molar-refractivity contribution in [2.24, 2.45) is 5.73 Å². The molecule has 0 bridgehead atoms. The molecule has 0 aromatic heterocycles. The van der Waals surface area contributed by atoms with Gasteiger partial charge in [0.25, 0.3) is 0 Å². The molecule has 66 valence electrons. The molecule has 0 aromatic carbocycles. The van der Waals surface area contributed by atoms with Crippen molar-refractivity contribution in [1.29, 1.82) is 0 Å². The standard InChI is InChI=1S/C8H10ClNO2/c1-3-8(4-2,5-6-9)12-7(10)11/h1,5-6H,4H2,2H3,(H2,10,11). The Morgan fingerprint density at radius 2 is 2.50 bits per heavy atom. The van der Waals surface area contributed by atoms with Gasteiger partial charge in [-0.3, -0.25) is 0 Å². The summed E-state index contributed by atoms with van der Waals surface area (Å²) in [6.45, 7) is 1.76. The van der Waals surface area contributed by atoms with Crippen molar-refractivity contribution in [3.05, 3.63) is 11.6 Å². The first-order valence-corrected chi connectivity index (χ1v) is 3.78. The molecule has 0 fully saturated rings. The van der Waals surface area contributed by atoms with Crippen molar-refractivity contribution >= 4 is 17.7 Å². The van der Waals surface area contributed by atoms with Gasteiger partial charge in [-0.1, -0.05) is 24.4 Å². The predicted octanol–water partition coefficient (Wildman–Crippen LogP) is 1.62. The number of hydrogen-bond donors (Lipinski definition) is 1. The molecule has 0 radical (unpaired) electrons. The van der Waals surface area contributed by atoms with Crippen LogP contribution in [-0.2, 0) is 4.74 Å². The van der Waals surface area contributed by atoms with Crippen LogP contribution in [0.4, 0.5) is 4.79 Å². The van der Waals surface area contributed by atoms with E-state index in [9.17, 15) is 4.79 Å². The lowest BCUT2D eigenvalue weighted by atomic mass is 10.0. The molecule has 1 unspecified atom stereocenters. The lowest BCUT2D eigenvalue weighted by Gasteiger charge is -2.21. The zero-order valence-corrected chi connectivity index (χ0v) is 7.47. The third kappa shape index (κ3) is 2.85. The summed E-state index contributed by atoms with van der Waals surface area (Å²) in [4.78, 5) is 10.4. The van der Waals surface area contributed by atoms with Crippen molar-refractivity contribution in [2.75, 3.05) is 0 Å². The Hall–Kier alpha value is -1.14. The fourth-order valence-corrected chi connectivity index (χ4v) is 0.888. The Kier molecular flexibility index (Phi) is 4.24. The second-order valence-corrected chi connectivity index (χ2v) is 2.35. The summed E-state index contributed by atoms with van der Waals surface area (Å²) in [5, 5.41) is 0. The van der Waals surface area contributed by atoms with Crippen LogP contribution in [0.3, 0.4) is 0 Å². The molecule has 0 spiro atoms. The number of rotatable bonds is 3. The van der Waals surface area contributed by atoms with Gasteiger partial charge in [-0.25, -0.2) is 4.79 Å². The Balaban J connectivity index is 4.60. The molecule has 12 heavy (non-hydrogen) atoms. The van der Waals surface area contributed by atoms with Gasteiger partial charge in [0.05, 0.1) is 0 Å².